The van der Waals surface area contributed by atoms with Gasteiger partial charge in [-0.2, -0.15) is 0 Å². The van der Waals surface area contributed by atoms with Crippen LogP contribution in [0.4, 0.5) is 0 Å². The van der Waals surface area contributed by atoms with Crippen LogP contribution in [-0.2, 0) is 20.7 Å². The topological polar surface area (TPSA) is 195 Å². The van der Waals surface area contributed by atoms with Crippen LogP contribution in [0.1, 0.15) is 125 Å². The molecule has 4 N–H and O–H groups in total. The number of hydrogen-bond donors (Lipinski definition) is 4. The fourth-order valence-electron chi connectivity index (χ4n) is 9.58. The van der Waals surface area contributed by atoms with Crippen LogP contribution < -0.4 is 18.9 Å². The molecule has 7 rings (SSSR count). The summed E-state index contributed by atoms with van der Waals surface area (Å²) in [5.41, 5.74) is -1.65. The van der Waals surface area contributed by atoms with Crippen molar-refractivity contribution in [2.75, 3.05) is 14.2 Å². The van der Waals surface area contributed by atoms with Crippen LogP contribution >= 0.6 is 0 Å². The highest BCUT2D eigenvalue weighted by Gasteiger charge is 2.77. The third-order valence-electron chi connectivity index (χ3n) is 13.0. The molecule has 0 amide bonds. The highest BCUT2D eigenvalue weighted by atomic mass is 16.6. The minimum absolute atomic E-state index is 0.0407. The molecule has 4 aliphatic rings. The number of carbonyl (C=O) groups is 4. The van der Waals surface area contributed by atoms with Crippen LogP contribution in [-0.4, -0.2) is 80.6 Å². The number of ketones is 2. The number of ether oxygens (including phenoxy) is 5. The number of rotatable bonds is 14. The lowest BCUT2D eigenvalue weighted by Crippen LogP contribution is -2.66. The zero-order valence-electron chi connectivity index (χ0n) is 40.4. The largest absolute Gasteiger partial charge is 0.507 e. The Labute approximate surface area is 397 Å². The number of fused-ring (bicyclic) bond motifs is 2. The van der Waals surface area contributed by atoms with Crippen molar-refractivity contribution in [3.63, 3.8) is 0 Å². The maximum absolute atomic E-state index is 14.7. The molecule has 1 saturated heterocycles. The lowest BCUT2D eigenvalue weighted by molar-refractivity contribution is -0.184. The summed E-state index contributed by atoms with van der Waals surface area (Å²) in [6.45, 7) is 14.9. The number of carboxylic acids is 2. The van der Waals surface area contributed by atoms with Gasteiger partial charge in [-0.3, -0.25) is 9.59 Å². The van der Waals surface area contributed by atoms with Gasteiger partial charge in [0, 0.05) is 41.2 Å². The number of carbonyl (C=O) groups excluding carboxylic acids is 2. The first kappa shape index (κ1) is 50.6. The van der Waals surface area contributed by atoms with Gasteiger partial charge in [0.1, 0.15) is 51.2 Å². The van der Waals surface area contributed by atoms with E-state index >= 15 is 0 Å². The second-order valence-electron chi connectivity index (χ2n) is 18.8. The predicted molar refractivity (Wildman–Crippen MR) is 259 cm³/mol. The summed E-state index contributed by atoms with van der Waals surface area (Å²) in [4.78, 5) is 52.3. The first-order valence-electron chi connectivity index (χ1n) is 22.6. The van der Waals surface area contributed by atoms with Gasteiger partial charge in [-0.25, -0.2) is 9.59 Å². The number of aliphatic carboxylic acids is 2. The van der Waals surface area contributed by atoms with Gasteiger partial charge in [0.25, 0.3) is 0 Å². The Morgan fingerprint density at radius 3 is 2.19 bits per heavy atom. The fraction of sp³-hybridized carbons (Fsp3) is 0.382. The minimum atomic E-state index is -2.16. The van der Waals surface area contributed by atoms with Crippen LogP contribution in [0, 0.1) is 5.92 Å². The molecule has 3 aliphatic heterocycles. The van der Waals surface area contributed by atoms with E-state index in [2.05, 4.69) is 6.08 Å². The van der Waals surface area contributed by atoms with Gasteiger partial charge in [-0.1, -0.05) is 71.9 Å². The number of carboxylic acid groups (broad SMARTS) is 2. The third-order valence-corrected chi connectivity index (χ3v) is 13.0. The molecule has 13 heteroatoms. The lowest BCUT2D eigenvalue weighted by atomic mass is 9.60. The molecule has 1 fully saturated rings. The molecular formula is C55H62O13. The van der Waals surface area contributed by atoms with Crippen molar-refractivity contribution in [2.24, 2.45) is 5.92 Å². The van der Waals surface area contributed by atoms with Crippen molar-refractivity contribution in [3.8, 4) is 34.5 Å². The first-order valence-corrected chi connectivity index (χ1v) is 22.6. The van der Waals surface area contributed by atoms with E-state index < -0.39 is 46.0 Å². The zero-order valence-corrected chi connectivity index (χ0v) is 40.4. The van der Waals surface area contributed by atoms with Gasteiger partial charge >= 0.3 is 11.9 Å². The Balaban J connectivity index is 0.000000302. The molecule has 0 radical (unpaired) electrons. The molecule has 4 unspecified atom stereocenters. The molecule has 13 nitrogen and oxygen atoms in total. The second kappa shape index (κ2) is 19.8. The third kappa shape index (κ3) is 9.49. The first-order chi connectivity index (χ1) is 32.1. The fourth-order valence-corrected chi connectivity index (χ4v) is 9.58. The molecule has 3 aromatic carbocycles. The average molecular weight is 931 g/mol. The summed E-state index contributed by atoms with van der Waals surface area (Å²) in [6, 6.07) is 12.4. The van der Waals surface area contributed by atoms with Gasteiger partial charge in [0.05, 0.1) is 25.4 Å². The van der Waals surface area contributed by atoms with Crippen LogP contribution in [0.2, 0.25) is 0 Å². The average Bonchev–Trinajstić information content (AvgIpc) is 3.49. The molecule has 0 bridgehead atoms. The monoisotopic (exact) mass is 930 g/mol. The molecule has 3 heterocycles. The minimum Gasteiger partial charge on any atom is -0.507 e. The molecule has 3 aromatic rings. The molecular weight excluding hydrogens is 869 g/mol. The molecule has 0 aromatic heterocycles. The SMILES string of the molecule is CC(C)=CCCC1(C)C=Cc2c(O)c3c(c(CC=C(C)C)c2O1)OC12C(=CCCC1C(C)(C)OC2(CC=C(C)C(=O)O)C(=O)O)C3=O.COc1cc(O)c(C(=O)C=Cc2ccccc2)c(OC)c1. The number of aromatic hydroxyl groups is 2. The highest BCUT2D eigenvalue weighted by molar-refractivity contribution is 6.17. The van der Waals surface area contributed by atoms with Crippen LogP contribution in [0.15, 0.2) is 101 Å². The Kier molecular flexibility index (Phi) is 14.7. The van der Waals surface area contributed by atoms with E-state index in [0.717, 1.165) is 17.6 Å². The predicted octanol–water partition coefficient (Wildman–Crippen LogP) is 10.8. The van der Waals surface area contributed by atoms with Crippen molar-refractivity contribution < 1.29 is 63.3 Å². The maximum atomic E-state index is 14.7. The van der Waals surface area contributed by atoms with Gasteiger partial charge in [0.2, 0.25) is 5.60 Å². The van der Waals surface area contributed by atoms with Crippen molar-refractivity contribution >= 4 is 35.7 Å². The maximum Gasteiger partial charge on any atom is 0.340 e. The number of phenolic OH excluding ortho intramolecular Hbond substituents is 2. The molecule has 0 saturated carbocycles. The number of allylic oxidation sites excluding steroid dienone is 6. The van der Waals surface area contributed by atoms with Crippen molar-refractivity contribution in [1.29, 1.82) is 0 Å². The summed E-state index contributed by atoms with van der Waals surface area (Å²) in [5, 5.41) is 42.4. The number of hydrogen-bond acceptors (Lipinski definition) is 11. The van der Waals surface area contributed by atoms with E-state index in [1.807, 2.05) is 77.1 Å². The Morgan fingerprint density at radius 2 is 1.57 bits per heavy atom. The highest BCUT2D eigenvalue weighted by Crippen LogP contribution is 2.64. The Bertz CT molecular complexity index is 2690. The number of methoxy groups -OCH3 is 2. The summed E-state index contributed by atoms with van der Waals surface area (Å²) >= 11 is 0. The molecule has 360 valence electrons. The van der Waals surface area contributed by atoms with Crippen molar-refractivity contribution in [1.82, 2.24) is 0 Å². The number of phenols is 2. The number of benzene rings is 3. The smallest absolute Gasteiger partial charge is 0.340 e. The van der Waals surface area contributed by atoms with Gasteiger partial charge in [0.15, 0.2) is 17.2 Å². The quantitative estimate of drug-likeness (QED) is 0.0678. The van der Waals surface area contributed by atoms with Gasteiger partial charge < -0.3 is 44.1 Å². The molecule has 1 spiro atoms. The standard InChI is InChI=1S/C38H46O9.C17H16O4/c1-21(2)11-10-18-36(8)19-17-24-29(39)28-30(40)26-12-9-13-27-35(6,7)47-37(34(43)44,20-16-23(5)33(41)42)38(26,27)46-32(28)25(31(24)45-36)15-14-22(3)4;1-20-13-10-15(19)17(16(11-13)21-2)14(18)9-8-12-6-4-3-5-7-12/h11-12,14,16-17,19,27,39H,9-10,13,15,18,20H2,1-8H3,(H,41,42)(H,43,44);3-11,19H,1-2H3. The van der Waals surface area contributed by atoms with E-state index in [4.69, 9.17) is 23.7 Å². The lowest BCUT2D eigenvalue weighted by Gasteiger charge is -2.50. The summed E-state index contributed by atoms with van der Waals surface area (Å²) in [5.74, 6) is -3.34. The van der Waals surface area contributed by atoms with E-state index in [-0.39, 0.29) is 57.5 Å². The van der Waals surface area contributed by atoms with Gasteiger partial charge in [-0.05, 0) is 111 Å². The summed E-state index contributed by atoms with van der Waals surface area (Å²) < 4.78 is 30.4. The zero-order chi connectivity index (χ0) is 49.9. The molecule has 4 atom stereocenters. The second-order valence-corrected chi connectivity index (χ2v) is 18.8. The Morgan fingerprint density at radius 1 is 0.882 bits per heavy atom. The van der Waals surface area contributed by atoms with E-state index in [0.29, 0.717) is 48.3 Å². The van der Waals surface area contributed by atoms with Crippen LogP contribution in [0.5, 0.6) is 34.5 Å². The van der Waals surface area contributed by atoms with Crippen molar-refractivity contribution in [2.45, 2.75) is 116 Å². The van der Waals surface area contributed by atoms with E-state index in [1.165, 1.54) is 44.9 Å². The summed E-state index contributed by atoms with van der Waals surface area (Å²) in [6.07, 6.45) is 16.2. The van der Waals surface area contributed by atoms with Gasteiger partial charge in [-0.15, -0.1) is 0 Å². The molecule has 1 aliphatic carbocycles. The van der Waals surface area contributed by atoms with Crippen LogP contribution in [0.25, 0.3) is 12.2 Å². The normalized spacial score (nSPS) is 22.9. The molecule has 68 heavy (non-hydrogen) atoms. The van der Waals surface area contributed by atoms with Crippen molar-refractivity contribution in [3.05, 3.63) is 129 Å². The summed E-state index contributed by atoms with van der Waals surface area (Å²) in [7, 11) is 2.91. The van der Waals surface area contributed by atoms with E-state index in [9.17, 15) is 39.6 Å². The number of Topliss-reactive ketones (excluding diaryl/α,β-unsaturated/α-hetero) is 1. The van der Waals surface area contributed by atoms with Crippen LogP contribution in [0.3, 0.4) is 0 Å². The van der Waals surface area contributed by atoms with E-state index in [1.54, 1.807) is 38.1 Å². The Hall–Kier alpha value is -6.86.